The Hall–Kier alpha value is -0.160. The number of aliphatic hydroxyl groups excluding tert-OH is 3. The van der Waals surface area contributed by atoms with E-state index >= 15 is 0 Å². The molecule has 4 heteroatoms. The number of rotatable bonds is 5. The van der Waals surface area contributed by atoms with Crippen LogP contribution in [0.1, 0.15) is 47.5 Å². The van der Waals surface area contributed by atoms with Crippen molar-refractivity contribution in [3.05, 3.63) is 0 Å². The second-order valence-electron chi connectivity index (χ2n) is 4.35. The summed E-state index contributed by atoms with van der Waals surface area (Å²) in [5, 5.41) is 25.2. The molecule has 0 fully saturated rings. The average Bonchev–Trinajstić information content (AvgIpc) is 2.30. The molecule has 0 radical (unpaired) electrons. The molecule has 0 aliphatic rings. The summed E-state index contributed by atoms with van der Waals surface area (Å²) in [6, 6.07) is 0. The van der Waals surface area contributed by atoms with Crippen LogP contribution in [0, 0.1) is 5.92 Å². The quantitative estimate of drug-likeness (QED) is 0.698. The summed E-state index contributed by atoms with van der Waals surface area (Å²) in [5.74, 6) is 0.440. The first kappa shape index (κ1) is 22.1. The third kappa shape index (κ3) is 38.8. The SMILES string of the molecule is CC(C)CO.CCC(C)O.CCC(O)COC. The standard InChI is InChI=1S/C5H12O2.2C4H10O/c1-3-5(6)4-7-2;1-4(2)3-5;1-3-4(2)5/h5-6H,3-4H2,1-2H3;2*4-5H,3H2,1-2H3. The molecule has 4 nitrogen and oxygen atoms in total. The predicted octanol–water partition coefficient (Wildman–Crippen LogP) is 1.82. The first-order valence-electron chi connectivity index (χ1n) is 6.31. The van der Waals surface area contributed by atoms with Gasteiger partial charge in [0.2, 0.25) is 0 Å². The Kier molecular flexibility index (Phi) is 23.6. The van der Waals surface area contributed by atoms with Crippen LogP contribution in [0.3, 0.4) is 0 Å². The molecule has 0 aromatic carbocycles. The van der Waals surface area contributed by atoms with Crippen molar-refractivity contribution in [3.63, 3.8) is 0 Å². The number of methoxy groups -OCH3 is 1. The highest BCUT2D eigenvalue weighted by Crippen LogP contribution is 1.87. The monoisotopic (exact) mass is 252 g/mol. The third-order valence-corrected chi connectivity index (χ3v) is 1.79. The highest BCUT2D eigenvalue weighted by Gasteiger charge is 1.95. The maximum atomic E-state index is 8.73. The van der Waals surface area contributed by atoms with Crippen molar-refractivity contribution < 1.29 is 20.1 Å². The Morgan fingerprint density at radius 2 is 1.35 bits per heavy atom. The van der Waals surface area contributed by atoms with Gasteiger partial charge in [-0.2, -0.15) is 0 Å². The van der Waals surface area contributed by atoms with Gasteiger partial charge in [0.05, 0.1) is 18.8 Å². The maximum Gasteiger partial charge on any atom is 0.0770 e. The number of hydrogen-bond acceptors (Lipinski definition) is 4. The molecule has 0 saturated heterocycles. The maximum absolute atomic E-state index is 8.73. The summed E-state index contributed by atoms with van der Waals surface area (Å²) in [7, 11) is 1.58. The lowest BCUT2D eigenvalue weighted by atomic mass is 10.2. The minimum Gasteiger partial charge on any atom is -0.396 e. The summed E-state index contributed by atoms with van der Waals surface area (Å²) in [6.45, 7) is 10.4. The van der Waals surface area contributed by atoms with Gasteiger partial charge in [0, 0.05) is 13.7 Å². The van der Waals surface area contributed by atoms with E-state index in [1.54, 1.807) is 14.0 Å². The van der Waals surface area contributed by atoms with E-state index in [9.17, 15) is 0 Å². The zero-order chi connectivity index (χ0) is 14.3. The van der Waals surface area contributed by atoms with Crippen molar-refractivity contribution in [1.82, 2.24) is 0 Å². The topological polar surface area (TPSA) is 69.9 Å². The first-order valence-corrected chi connectivity index (χ1v) is 6.31. The molecule has 3 N–H and O–H groups in total. The molecule has 0 aromatic rings. The van der Waals surface area contributed by atoms with Crippen molar-refractivity contribution in [2.75, 3.05) is 20.3 Å². The molecule has 0 bridgehead atoms. The molecule has 0 saturated carbocycles. The minimum absolute atomic E-state index is 0.116. The van der Waals surface area contributed by atoms with Gasteiger partial charge in [-0.3, -0.25) is 0 Å². The van der Waals surface area contributed by atoms with Gasteiger partial charge in [-0.15, -0.1) is 0 Å². The van der Waals surface area contributed by atoms with Gasteiger partial charge < -0.3 is 20.1 Å². The summed E-state index contributed by atoms with van der Waals surface area (Å²) >= 11 is 0. The molecule has 2 atom stereocenters. The summed E-state index contributed by atoms with van der Waals surface area (Å²) in [5.41, 5.74) is 0. The summed E-state index contributed by atoms with van der Waals surface area (Å²) < 4.78 is 4.64. The van der Waals surface area contributed by atoms with Crippen LogP contribution >= 0.6 is 0 Å². The molecule has 0 spiro atoms. The van der Waals surface area contributed by atoms with Gasteiger partial charge in [-0.1, -0.05) is 27.7 Å². The minimum atomic E-state index is -0.273. The van der Waals surface area contributed by atoms with Crippen LogP contribution in [0.4, 0.5) is 0 Å². The van der Waals surface area contributed by atoms with Gasteiger partial charge >= 0.3 is 0 Å². The average molecular weight is 252 g/mol. The Morgan fingerprint density at radius 3 is 1.41 bits per heavy atom. The Morgan fingerprint density at radius 1 is 1.00 bits per heavy atom. The second kappa shape index (κ2) is 18.2. The highest BCUT2D eigenvalue weighted by molar-refractivity contribution is 4.45. The van der Waals surface area contributed by atoms with E-state index in [0.29, 0.717) is 19.1 Å². The lowest BCUT2D eigenvalue weighted by molar-refractivity contribution is 0.0625. The molecule has 0 heterocycles. The Balaban J connectivity index is -0.000000177. The van der Waals surface area contributed by atoms with Gasteiger partial charge in [0.25, 0.3) is 0 Å². The van der Waals surface area contributed by atoms with Crippen molar-refractivity contribution in [3.8, 4) is 0 Å². The molecule has 2 unspecified atom stereocenters. The molecule has 0 amide bonds. The molecule has 0 aliphatic carbocycles. The van der Waals surface area contributed by atoms with E-state index in [2.05, 4.69) is 4.74 Å². The van der Waals surface area contributed by atoms with E-state index in [4.69, 9.17) is 15.3 Å². The van der Waals surface area contributed by atoms with Crippen molar-refractivity contribution >= 4 is 0 Å². The fraction of sp³-hybridized carbons (Fsp3) is 1.00. The molecule has 17 heavy (non-hydrogen) atoms. The van der Waals surface area contributed by atoms with Gasteiger partial charge in [-0.05, 0) is 25.7 Å². The normalized spacial score (nSPS) is 13.1. The van der Waals surface area contributed by atoms with Crippen LogP contribution in [0.15, 0.2) is 0 Å². The number of ether oxygens (including phenoxy) is 1. The predicted molar refractivity (Wildman–Crippen MR) is 72.1 cm³/mol. The van der Waals surface area contributed by atoms with Crippen LogP contribution in [0.5, 0.6) is 0 Å². The van der Waals surface area contributed by atoms with Gasteiger partial charge in [0.1, 0.15) is 0 Å². The van der Waals surface area contributed by atoms with Gasteiger partial charge in [0.15, 0.2) is 0 Å². The van der Waals surface area contributed by atoms with E-state index in [1.807, 2.05) is 27.7 Å². The van der Waals surface area contributed by atoms with Crippen LogP contribution in [-0.2, 0) is 4.74 Å². The van der Waals surface area contributed by atoms with Crippen molar-refractivity contribution in [2.24, 2.45) is 5.92 Å². The molecular formula is C13H32O4. The second-order valence-corrected chi connectivity index (χ2v) is 4.35. The highest BCUT2D eigenvalue weighted by atomic mass is 16.5. The number of aliphatic hydroxyl groups is 3. The van der Waals surface area contributed by atoms with Crippen LogP contribution < -0.4 is 0 Å². The largest absolute Gasteiger partial charge is 0.396 e. The van der Waals surface area contributed by atoms with Crippen LogP contribution in [-0.4, -0.2) is 47.9 Å². The Labute approximate surface area is 107 Å². The summed E-state index contributed by atoms with van der Waals surface area (Å²) in [6.07, 6.45) is 1.24. The Bertz CT molecular complexity index is 108. The van der Waals surface area contributed by atoms with Crippen LogP contribution in [0.2, 0.25) is 0 Å². The van der Waals surface area contributed by atoms with Crippen molar-refractivity contribution in [2.45, 2.75) is 59.7 Å². The lowest BCUT2D eigenvalue weighted by Gasteiger charge is -2.02. The molecular weight excluding hydrogens is 220 g/mol. The first-order chi connectivity index (χ1) is 7.85. The molecule has 0 rings (SSSR count). The van der Waals surface area contributed by atoms with E-state index in [-0.39, 0.29) is 12.2 Å². The third-order valence-electron chi connectivity index (χ3n) is 1.79. The van der Waals surface area contributed by atoms with Gasteiger partial charge in [-0.25, -0.2) is 0 Å². The number of hydrogen-bond donors (Lipinski definition) is 3. The molecule has 0 aromatic heterocycles. The van der Waals surface area contributed by atoms with Crippen molar-refractivity contribution in [1.29, 1.82) is 0 Å². The fourth-order valence-electron chi connectivity index (χ4n) is 0.310. The summed E-state index contributed by atoms with van der Waals surface area (Å²) in [4.78, 5) is 0. The molecule has 108 valence electrons. The smallest absolute Gasteiger partial charge is 0.0770 e. The lowest BCUT2D eigenvalue weighted by Crippen LogP contribution is -2.11. The van der Waals surface area contributed by atoms with E-state index in [0.717, 1.165) is 12.8 Å². The molecule has 0 aliphatic heterocycles. The van der Waals surface area contributed by atoms with E-state index in [1.165, 1.54) is 0 Å². The zero-order valence-corrected chi connectivity index (χ0v) is 12.3. The zero-order valence-electron chi connectivity index (χ0n) is 12.3. The fourth-order valence-corrected chi connectivity index (χ4v) is 0.310. The van der Waals surface area contributed by atoms with Crippen LogP contribution in [0.25, 0.3) is 0 Å². The van der Waals surface area contributed by atoms with E-state index < -0.39 is 0 Å².